The topological polar surface area (TPSA) is 70.6 Å². The molecule has 2 N–H and O–H groups in total. The van der Waals surface area contributed by atoms with Gasteiger partial charge in [-0.3, -0.25) is 9.59 Å². The zero-order valence-corrected chi connectivity index (χ0v) is 12.5. The van der Waals surface area contributed by atoms with Crippen LogP contribution in [0.4, 0.5) is 10.1 Å². The molecule has 0 heterocycles. The number of para-hydroxylation sites is 1. The Bertz CT molecular complexity index is 717. The molecule has 0 aromatic heterocycles. The van der Waals surface area contributed by atoms with Crippen LogP contribution in [0.25, 0.3) is 0 Å². The third kappa shape index (κ3) is 4.74. The lowest BCUT2D eigenvalue weighted by molar-refractivity contribution is -0.131. The van der Waals surface area contributed by atoms with E-state index in [2.05, 4.69) is 15.8 Å². The molecule has 5 nitrogen and oxygen atoms in total. The van der Waals surface area contributed by atoms with Crippen molar-refractivity contribution in [1.29, 1.82) is 0 Å². The molecular weight excluding hydrogens is 297 g/mol. The maximum atomic E-state index is 13.5. The van der Waals surface area contributed by atoms with Crippen LogP contribution in [0.2, 0.25) is 0 Å². The summed E-state index contributed by atoms with van der Waals surface area (Å²) in [6, 6.07) is 14.9. The maximum Gasteiger partial charge on any atom is 0.252 e. The van der Waals surface area contributed by atoms with E-state index >= 15 is 0 Å². The van der Waals surface area contributed by atoms with E-state index in [1.165, 1.54) is 31.3 Å². The first-order chi connectivity index (χ1) is 11.1. The van der Waals surface area contributed by atoms with Gasteiger partial charge in [-0.05, 0) is 24.6 Å². The Labute approximate surface area is 133 Å². The van der Waals surface area contributed by atoms with E-state index in [4.69, 9.17) is 0 Å². The molecule has 0 saturated heterocycles. The maximum absolute atomic E-state index is 13.5. The number of rotatable bonds is 5. The van der Waals surface area contributed by atoms with Crippen molar-refractivity contribution in [3.8, 4) is 0 Å². The lowest BCUT2D eigenvalue weighted by Crippen LogP contribution is -2.34. The van der Waals surface area contributed by atoms with Crippen LogP contribution in [-0.4, -0.2) is 18.0 Å². The number of benzene rings is 2. The normalized spacial score (nSPS) is 11.9. The Hall–Kier alpha value is -3.02. The predicted octanol–water partition coefficient (Wildman–Crippen LogP) is 2.55. The summed E-state index contributed by atoms with van der Waals surface area (Å²) in [5.74, 6) is -2.76. The van der Waals surface area contributed by atoms with E-state index in [0.29, 0.717) is 0 Å². The zero-order valence-electron chi connectivity index (χ0n) is 12.5. The molecular formula is C17H16FN3O2. The van der Waals surface area contributed by atoms with Crippen LogP contribution in [-0.2, 0) is 9.59 Å². The van der Waals surface area contributed by atoms with Crippen LogP contribution in [0, 0.1) is 11.7 Å². The fourth-order valence-corrected chi connectivity index (χ4v) is 1.73. The third-order valence-corrected chi connectivity index (χ3v) is 3.11. The number of carbonyl (C=O) groups excluding carboxylic acids is 2. The van der Waals surface area contributed by atoms with E-state index < -0.39 is 23.5 Å². The van der Waals surface area contributed by atoms with Crippen LogP contribution >= 0.6 is 0 Å². The van der Waals surface area contributed by atoms with Crippen LogP contribution in [0.15, 0.2) is 59.7 Å². The van der Waals surface area contributed by atoms with Crippen LogP contribution in [0.1, 0.15) is 12.5 Å². The fourth-order valence-electron chi connectivity index (χ4n) is 1.73. The number of anilines is 1. The third-order valence-electron chi connectivity index (χ3n) is 3.11. The van der Waals surface area contributed by atoms with Gasteiger partial charge in [-0.25, -0.2) is 9.82 Å². The molecule has 2 amide bonds. The van der Waals surface area contributed by atoms with Crippen molar-refractivity contribution in [2.75, 3.05) is 5.32 Å². The van der Waals surface area contributed by atoms with Gasteiger partial charge in [-0.2, -0.15) is 5.10 Å². The van der Waals surface area contributed by atoms with Gasteiger partial charge in [-0.15, -0.1) is 0 Å². The molecule has 0 aliphatic rings. The first-order valence-electron chi connectivity index (χ1n) is 7.01. The zero-order chi connectivity index (χ0) is 16.7. The first kappa shape index (κ1) is 16.4. The minimum absolute atomic E-state index is 0.0323. The second-order valence-electron chi connectivity index (χ2n) is 4.84. The van der Waals surface area contributed by atoms with E-state index in [1.54, 1.807) is 6.07 Å². The minimum Gasteiger partial charge on any atom is -0.323 e. The Morgan fingerprint density at radius 3 is 2.39 bits per heavy atom. The number of nitrogens with zero attached hydrogens (tertiary/aromatic N) is 1. The SMILES string of the molecule is CC(C(=O)NN=Cc1ccccc1)C(=O)Nc1ccccc1F. The van der Waals surface area contributed by atoms with E-state index in [1.807, 2.05) is 30.3 Å². The molecule has 2 rings (SSSR count). The van der Waals surface area contributed by atoms with Gasteiger partial charge in [0.15, 0.2) is 0 Å². The molecule has 0 fully saturated rings. The molecule has 23 heavy (non-hydrogen) atoms. The van der Waals surface area contributed by atoms with Crippen molar-refractivity contribution in [2.24, 2.45) is 11.0 Å². The van der Waals surface area contributed by atoms with Gasteiger partial charge in [0.1, 0.15) is 11.7 Å². The van der Waals surface area contributed by atoms with Gasteiger partial charge < -0.3 is 5.32 Å². The Kier molecular flexibility index (Phi) is 5.57. The summed E-state index contributed by atoms with van der Waals surface area (Å²) in [6.45, 7) is 1.42. The number of hydrazone groups is 1. The molecule has 1 unspecified atom stereocenters. The molecule has 2 aromatic rings. The highest BCUT2D eigenvalue weighted by molar-refractivity contribution is 6.06. The molecule has 0 aliphatic heterocycles. The first-order valence-corrected chi connectivity index (χ1v) is 7.01. The minimum atomic E-state index is -1.01. The summed E-state index contributed by atoms with van der Waals surface area (Å²) in [7, 11) is 0. The molecule has 0 bridgehead atoms. The molecule has 6 heteroatoms. The van der Waals surface area contributed by atoms with E-state index in [9.17, 15) is 14.0 Å². The number of nitrogens with one attached hydrogen (secondary N) is 2. The standard InChI is InChI=1S/C17H16FN3O2/c1-12(16(22)20-15-10-6-5-9-14(15)18)17(23)21-19-11-13-7-3-2-4-8-13/h2-12H,1H3,(H,20,22)(H,21,23). The largest absolute Gasteiger partial charge is 0.323 e. The molecule has 0 saturated carbocycles. The fraction of sp³-hybridized carbons (Fsp3) is 0.118. The second-order valence-corrected chi connectivity index (χ2v) is 4.84. The molecule has 1 atom stereocenters. The van der Waals surface area contributed by atoms with Gasteiger partial charge in [-0.1, -0.05) is 42.5 Å². The molecule has 2 aromatic carbocycles. The van der Waals surface area contributed by atoms with Gasteiger partial charge in [0.25, 0.3) is 5.91 Å². The number of hydrogen-bond donors (Lipinski definition) is 2. The van der Waals surface area contributed by atoms with Crippen molar-refractivity contribution < 1.29 is 14.0 Å². The lowest BCUT2D eigenvalue weighted by atomic mass is 10.1. The molecule has 0 radical (unpaired) electrons. The van der Waals surface area contributed by atoms with E-state index in [-0.39, 0.29) is 5.69 Å². The molecule has 0 aliphatic carbocycles. The van der Waals surface area contributed by atoms with Crippen molar-refractivity contribution in [3.05, 3.63) is 66.0 Å². The summed E-state index contributed by atoms with van der Waals surface area (Å²) >= 11 is 0. The number of carbonyl (C=O) groups is 2. The number of hydrogen-bond acceptors (Lipinski definition) is 3. The van der Waals surface area contributed by atoms with Crippen LogP contribution < -0.4 is 10.7 Å². The summed E-state index contributed by atoms with van der Waals surface area (Å²) < 4.78 is 13.5. The second kappa shape index (κ2) is 7.84. The average molecular weight is 313 g/mol. The predicted molar refractivity (Wildman–Crippen MR) is 86.4 cm³/mol. The molecule has 0 spiro atoms. The summed E-state index contributed by atoms with van der Waals surface area (Å²) in [6.07, 6.45) is 1.47. The van der Waals surface area contributed by atoms with Crippen LogP contribution in [0.3, 0.4) is 0 Å². The monoisotopic (exact) mass is 313 g/mol. The van der Waals surface area contributed by atoms with E-state index in [0.717, 1.165) is 5.56 Å². The highest BCUT2D eigenvalue weighted by Crippen LogP contribution is 2.13. The summed E-state index contributed by atoms with van der Waals surface area (Å²) in [5.41, 5.74) is 3.14. The average Bonchev–Trinajstić information content (AvgIpc) is 2.57. The van der Waals surface area contributed by atoms with Crippen molar-refractivity contribution in [1.82, 2.24) is 5.43 Å². The van der Waals surface area contributed by atoms with Gasteiger partial charge in [0, 0.05) is 0 Å². The van der Waals surface area contributed by atoms with Crippen molar-refractivity contribution in [2.45, 2.75) is 6.92 Å². The lowest BCUT2D eigenvalue weighted by Gasteiger charge is -2.11. The Morgan fingerprint density at radius 2 is 1.70 bits per heavy atom. The summed E-state index contributed by atoms with van der Waals surface area (Å²) in [4.78, 5) is 23.8. The Morgan fingerprint density at radius 1 is 1.04 bits per heavy atom. The number of amides is 2. The highest BCUT2D eigenvalue weighted by Gasteiger charge is 2.21. The smallest absolute Gasteiger partial charge is 0.252 e. The van der Waals surface area contributed by atoms with Gasteiger partial charge in [0.05, 0.1) is 11.9 Å². The highest BCUT2D eigenvalue weighted by atomic mass is 19.1. The quantitative estimate of drug-likeness (QED) is 0.506. The number of halogens is 1. The van der Waals surface area contributed by atoms with Crippen LogP contribution in [0.5, 0.6) is 0 Å². The summed E-state index contributed by atoms with van der Waals surface area (Å²) in [5, 5.41) is 6.16. The Balaban J connectivity index is 1.90. The van der Waals surface area contributed by atoms with Gasteiger partial charge >= 0.3 is 0 Å². The van der Waals surface area contributed by atoms with Crippen molar-refractivity contribution in [3.63, 3.8) is 0 Å². The molecule has 118 valence electrons. The van der Waals surface area contributed by atoms with Crippen molar-refractivity contribution >= 4 is 23.7 Å². The van der Waals surface area contributed by atoms with Gasteiger partial charge in [0.2, 0.25) is 5.91 Å².